The van der Waals surface area contributed by atoms with Crippen LogP contribution in [-0.2, 0) is 0 Å². The van der Waals surface area contributed by atoms with Crippen LogP contribution in [0.1, 0.15) is 18.9 Å². The number of nitrogens with zero attached hydrogens (tertiary/aromatic N) is 1. The van der Waals surface area contributed by atoms with Gasteiger partial charge in [-0.15, -0.1) is 0 Å². The number of para-hydroxylation sites is 1. The summed E-state index contributed by atoms with van der Waals surface area (Å²) >= 11 is 0. The first-order valence-corrected chi connectivity index (χ1v) is 4.94. The molecule has 0 heterocycles. The number of ether oxygens (including phenoxy) is 1. The fraction of sp³-hybridized carbons (Fsp3) is 0.417. The summed E-state index contributed by atoms with van der Waals surface area (Å²) < 4.78 is 5.54. The zero-order chi connectivity index (χ0) is 11.3. The standard InChI is InChI=1S/C12H16N2O/c1-10-5-3-4-6-11(10)15-8-7-12(2,14)9-13/h3-6H,7-8,14H2,1-2H3. The zero-order valence-electron chi connectivity index (χ0n) is 9.16. The highest BCUT2D eigenvalue weighted by atomic mass is 16.5. The van der Waals surface area contributed by atoms with Crippen molar-refractivity contribution in [1.29, 1.82) is 5.26 Å². The lowest BCUT2D eigenvalue weighted by Crippen LogP contribution is -2.35. The summed E-state index contributed by atoms with van der Waals surface area (Å²) in [4.78, 5) is 0. The lowest BCUT2D eigenvalue weighted by Gasteiger charge is -2.16. The number of benzene rings is 1. The maximum absolute atomic E-state index is 8.72. The molecule has 0 radical (unpaired) electrons. The third-order valence-corrected chi connectivity index (χ3v) is 2.23. The molecule has 15 heavy (non-hydrogen) atoms. The second-order valence-electron chi connectivity index (χ2n) is 3.89. The molecule has 1 atom stereocenters. The number of hydrogen-bond acceptors (Lipinski definition) is 3. The van der Waals surface area contributed by atoms with Gasteiger partial charge in [0.2, 0.25) is 0 Å². The van der Waals surface area contributed by atoms with Crippen LogP contribution in [0.2, 0.25) is 0 Å². The van der Waals surface area contributed by atoms with E-state index < -0.39 is 5.54 Å². The number of aryl methyl sites for hydroxylation is 1. The van der Waals surface area contributed by atoms with Crippen LogP contribution in [0.3, 0.4) is 0 Å². The number of nitriles is 1. The first kappa shape index (κ1) is 11.5. The van der Waals surface area contributed by atoms with Gasteiger partial charge in [0, 0.05) is 6.42 Å². The third kappa shape index (κ3) is 3.61. The van der Waals surface area contributed by atoms with E-state index in [9.17, 15) is 0 Å². The summed E-state index contributed by atoms with van der Waals surface area (Å²) in [6.45, 7) is 4.15. The Kier molecular flexibility index (Phi) is 3.70. The van der Waals surface area contributed by atoms with E-state index in [1.165, 1.54) is 0 Å². The van der Waals surface area contributed by atoms with Crippen LogP contribution in [0.4, 0.5) is 0 Å². The van der Waals surface area contributed by atoms with E-state index in [1.807, 2.05) is 37.3 Å². The van der Waals surface area contributed by atoms with Gasteiger partial charge < -0.3 is 10.5 Å². The van der Waals surface area contributed by atoms with E-state index in [2.05, 4.69) is 0 Å². The van der Waals surface area contributed by atoms with E-state index in [4.69, 9.17) is 15.7 Å². The third-order valence-electron chi connectivity index (χ3n) is 2.23. The summed E-state index contributed by atoms with van der Waals surface area (Å²) in [7, 11) is 0. The van der Waals surface area contributed by atoms with E-state index in [1.54, 1.807) is 6.92 Å². The molecule has 0 fully saturated rings. The molecule has 0 bridgehead atoms. The molecule has 0 spiro atoms. The van der Waals surface area contributed by atoms with Gasteiger partial charge in [-0.2, -0.15) is 5.26 Å². The minimum Gasteiger partial charge on any atom is -0.493 e. The zero-order valence-corrected chi connectivity index (χ0v) is 9.16. The van der Waals surface area contributed by atoms with Crippen LogP contribution >= 0.6 is 0 Å². The monoisotopic (exact) mass is 204 g/mol. The lowest BCUT2D eigenvalue weighted by molar-refractivity contribution is 0.284. The molecular weight excluding hydrogens is 188 g/mol. The predicted molar refractivity (Wildman–Crippen MR) is 59.5 cm³/mol. The van der Waals surface area contributed by atoms with Gasteiger partial charge in [0.05, 0.1) is 12.7 Å². The molecule has 3 heteroatoms. The van der Waals surface area contributed by atoms with Crippen molar-refractivity contribution < 1.29 is 4.74 Å². The van der Waals surface area contributed by atoms with Gasteiger partial charge in [-0.05, 0) is 25.5 Å². The second-order valence-corrected chi connectivity index (χ2v) is 3.89. The van der Waals surface area contributed by atoms with Gasteiger partial charge >= 0.3 is 0 Å². The van der Waals surface area contributed by atoms with Crippen molar-refractivity contribution in [3.63, 3.8) is 0 Å². The molecule has 2 N–H and O–H groups in total. The molecule has 0 aliphatic carbocycles. The average Bonchev–Trinajstić information content (AvgIpc) is 2.21. The van der Waals surface area contributed by atoms with Gasteiger partial charge in [0.1, 0.15) is 11.3 Å². The van der Waals surface area contributed by atoms with E-state index >= 15 is 0 Å². The Hall–Kier alpha value is -1.53. The molecule has 1 aromatic carbocycles. The summed E-state index contributed by atoms with van der Waals surface area (Å²) in [5.41, 5.74) is 5.97. The summed E-state index contributed by atoms with van der Waals surface area (Å²) in [5.74, 6) is 0.853. The molecule has 1 aromatic rings. The molecule has 3 nitrogen and oxygen atoms in total. The molecule has 1 rings (SSSR count). The van der Waals surface area contributed by atoms with Gasteiger partial charge in [0.25, 0.3) is 0 Å². The van der Waals surface area contributed by atoms with Crippen LogP contribution in [0.5, 0.6) is 5.75 Å². The Balaban J connectivity index is 2.46. The van der Waals surface area contributed by atoms with Crippen LogP contribution in [0.25, 0.3) is 0 Å². The van der Waals surface area contributed by atoms with Crippen molar-refractivity contribution >= 4 is 0 Å². The molecule has 0 aromatic heterocycles. The second kappa shape index (κ2) is 4.81. The van der Waals surface area contributed by atoms with Crippen molar-refractivity contribution in [2.45, 2.75) is 25.8 Å². The Morgan fingerprint density at radius 2 is 2.13 bits per heavy atom. The largest absolute Gasteiger partial charge is 0.493 e. The van der Waals surface area contributed by atoms with Crippen LogP contribution in [0.15, 0.2) is 24.3 Å². The first-order chi connectivity index (χ1) is 7.05. The molecule has 0 aliphatic heterocycles. The number of nitrogens with two attached hydrogens (primary N) is 1. The maximum atomic E-state index is 8.72. The maximum Gasteiger partial charge on any atom is 0.122 e. The first-order valence-electron chi connectivity index (χ1n) is 4.94. The average molecular weight is 204 g/mol. The highest BCUT2D eigenvalue weighted by molar-refractivity contribution is 5.31. The Morgan fingerprint density at radius 1 is 1.47 bits per heavy atom. The van der Waals surface area contributed by atoms with Gasteiger partial charge in [-0.3, -0.25) is 0 Å². The van der Waals surface area contributed by atoms with E-state index in [0.29, 0.717) is 13.0 Å². The summed E-state index contributed by atoms with van der Waals surface area (Å²) in [5, 5.41) is 8.72. The number of hydrogen-bond donors (Lipinski definition) is 1. The number of rotatable bonds is 4. The van der Waals surface area contributed by atoms with Crippen molar-refractivity contribution in [1.82, 2.24) is 0 Å². The van der Waals surface area contributed by atoms with Crippen molar-refractivity contribution in [3.05, 3.63) is 29.8 Å². The van der Waals surface area contributed by atoms with Crippen LogP contribution in [-0.4, -0.2) is 12.1 Å². The quantitative estimate of drug-likeness (QED) is 0.816. The van der Waals surface area contributed by atoms with Crippen LogP contribution < -0.4 is 10.5 Å². The normalized spacial score (nSPS) is 14.0. The highest BCUT2D eigenvalue weighted by Crippen LogP contribution is 2.17. The summed E-state index contributed by atoms with van der Waals surface area (Å²) in [6, 6.07) is 9.83. The Bertz CT molecular complexity index is 366. The van der Waals surface area contributed by atoms with Crippen LogP contribution in [0, 0.1) is 18.3 Å². The molecule has 0 amide bonds. The Morgan fingerprint density at radius 3 is 2.73 bits per heavy atom. The molecule has 0 aliphatic rings. The Labute approximate surface area is 90.5 Å². The molecule has 0 saturated carbocycles. The van der Waals surface area contributed by atoms with Gasteiger partial charge in [-0.1, -0.05) is 18.2 Å². The van der Waals surface area contributed by atoms with Crippen molar-refractivity contribution in [2.75, 3.05) is 6.61 Å². The molecular formula is C12H16N2O. The topological polar surface area (TPSA) is 59.0 Å². The lowest BCUT2D eigenvalue weighted by atomic mass is 10.0. The fourth-order valence-electron chi connectivity index (χ4n) is 1.15. The molecule has 80 valence electrons. The smallest absolute Gasteiger partial charge is 0.122 e. The van der Waals surface area contributed by atoms with E-state index in [-0.39, 0.29) is 0 Å². The predicted octanol–water partition coefficient (Wildman–Crippen LogP) is 2.00. The van der Waals surface area contributed by atoms with E-state index in [0.717, 1.165) is 11.3 Å². The fourth-order valence-corrected chi connectivity index (χ4v) is 1.15. The van der Waals surface area contributed by atoms with Crippen molar-refractivity contribution in [2.24, 2.45) is 5.73 Å². The summed E-state index contributed by atoms with van der Waals surface area (Å²) in [6.07, 6.45) is 0.526. The minimum absolute atomic E-state index is 0.464. The molecule has 0 saturated heterocycles. The SMILES string of the molecule is Cc1ccccc1OCCC(C)(N)C#N. The van der Waals surface area contributed by atoms with Gasteiger partial charge in [0.15, 0.2) is 0 Å². The van der Waals surface area contributed by atoms with Gasteiger partial charge in [-0.25, -0.2) is 0 Å². The molecule has 1 unspecified atom stereocenters. The minimum atomic E-state index is -0.803. The highest BCUT2D eigenvalue weighted by Gasteiger charge is 2.16. The van der Waals surface area contributed by atoms with Crippen molar-refractivity contribution in [3.8, 4) is 11.8 Å².